The molecule has 0 fully saturated rings. The van der Waals surface area contributed by atoms with Gasteiger partial charge in [-0.2, -0.15) is 0 Å². The molecule has 0 unspecified atom stereocenters. The molecule has 0 aliphatic rings. The third kappa shape index (κ3) is 4.32. The van der Waals surface area contributed by atoms with Gasteiger partial charge in [-0.05, 0) is 23.2 Å². The first-order valence-electron chi connectivity index (χ1n) is 6.04. The van der Waals surface area contributed by atoms with E-state index in [1.807, 2.05) is 18.2 Å². The van der Waals surface area contributed by atoms with Crippen molar-refractivity contribution in [3.63, 3.8) is 0 Å². The molecule has 1 N–H and O–H groups in total. The largest absolute Gasteiger partial charge is 0.325 e. The SMILES string of the molecule is C=C(NO[SiH](C(C)C)C(C)C)c1ccccn1. The molecule has 0 amide bonds. The second-order valence-electron chi connectivity index (χ2n) is 4.87. The molecule has 1 aromatic rings. The Kier molecular flexibility index (Phi) is 5.38. The second kappa shape index (κ2) is 6.57. The minimum Gasteiger partial charge on any atom is -0.325 e. The molecule has 3 nitrogen and oxygen atoms in total. The lowest BCUT2D eigenvalue weighted by molar-refractivity contribution is 0.243. The van der Waals surface area contributed by atoms with Crippen molar-refractivity contribution in [2.75, 3.05) is 0 Å². The number of nitrogens with zero attached hydrogens (tertiary/aromatic N) is 1. The molecular weight excluding hydrogens is 228 g/mol. The standard InChI is InChI=1S/C13H22N2OSi/c1-10(2)17(11(3)4)16-15-12(5)13-8-6-7-9-14-13/h6-11,15,17H,5H2,1-4H3. The molecule has 0 aromatic carbocycles. The van der Waals surface area contributed by atoms with Crippen LogP contribution in [0.2, 0.25) is 11.1 Å². The van der Waals surface area contributed by atoms with Crippen LogP contribution in [0.5, 0.6) is 0 Å². The topological polar surface area (TPSA) is 34.1 Å². The van der Waals surface area contributed by atoms with Crippen molar-refractivity contribution < 1.29 is 4.53 Å². The van der Waals surface area contributed by atoms with Gasteiger partial charge >= 0.3 is 0 Å². The van der Waals surface area contributed by atoms with Crippen LogP contribution in [-0.4, -0.2) is 14.0 Å². The molecule has 94 valence electrons. The lowest BCUT2D eigenvalue weighted by Crippen LogP contribution is -2.31. The highest BCUT2D eigenvalue weighted by atomic mass is 28.3. The van der Waals surface area contributed by atoms with Gasteiger partial charge < -0.3 is 4.53 Å². The fourth-order valence-electron chi connectivity index (χ4n) is 1.77. The Bertz CT molecular complexity index is 344. The summed E-state index contributed by atoms with van der Waals surface area (Å²) in [7, 11) is -1.26. The summed E-state index contributed by atoms with van der Waals surface area (Å²) in [5, 5.41) is 0. The molecule has 1 rings (SSSR count). The lowest BCUT2D eigenvalue weighted by Gasteiger charge is -2.23. The van der Waals surface area contributed by atoms with Crippen molar-refractivity contribution in [2.24, 2.45) is 0 Å². The first kappa shape index (κ1) is 13.9. The average Bonchev–Trinajstić information content (AvgIpc) is 2.29. The normalized spacial score (nSPS) is 11.2. The molecule has 1 aromatic heterocycles. The Hall–Kier alpha value is -1.13. The van der Waals surface area contributed by atoms with Gasteiger partial charge in [-0.3, -0.25) is 10.5 Å². The van der Waals surface area contributed by atoms with Crippen LogP contribution >= 0.6 is 0 Å². The van der Waals surface area contributed by atoms with Crippen molar-refractivity contribution >= 4 is 14.7 Å². The highest BCUT2D eigenvalue weighted by molar-refractivity contribution is 6.54. The summed E-state index contributed by atoms with van der Waals surface area (Å²) in [6.45, 7) is 12.8. The Balaban J connectivity index is 2.53. The number of aromatic nitrogens is 1. The summed E-state index contributed by atoms with van der Waals surface area (Å²) in [4.78, 5) is 4.22. The monoisotopic (exact) mass is 250 g/mol. The van der Waals surface area contributed by atoms with Gasteiger partial charge in [-0.15, -0.1) is 0 Å². The number of hydrogen-bond acceptors (Lipinski definition) is 3. The van der Waals surface area contributed by atoms with Crippen LogP contribution in [0.15, 0.2) is 31.0 Å². The summed E-state index contributed by atoms with van der Waals surface area (Å²) in [5.41, 5.74) is 5.71. The summed E-state index contributed by atoms with van der Waals surface area (Å²) < 4.78 is 5.83. The van der Waals surface area contributed by atoms with Crippen LogP contribution in [0.25, 0.3) is 5.70 Å². The third-order valence-electron chi connectivity index (χ3n) is 2.61. The number of hydrogen-bond donors (Lipinski definition) is 1. The molecule has 0 saturated heterocycles. The molecule has 0 aliphatic carbocycles. The Morgan fingerprint density at radius 1 is 1.29 bits per heavy atom. The summed E-state index contributed by atoms with van der Waals surface area (Å²) in [5.74, 6) is 0. The van der Waals surface area contributed by atoms with E-state index in [4.69, 9.17) is 4.53 Å². The van der Waals surface area contributed by atoms with E-state index in [1.54, 1.807) is 6.20 Å². The highest BCUT2D eigenvalue weighted by Gasteiger charge is 2.22. The second-order valence-corrected chi connectivity index (χ2v) is 8.70. The van der Waals surface area contributed by atoms with Crippen LogP contribution in [0, 0.1) is 0 Å². The number of pyridine rings is 1. The Morgan fingerprint density at radius 3 is 2.41 bits per heavy atom. The predicted molar refractivity (Wildman–Crippen MR) is 74.8 cm³/mol. The molecule has 0 radical (unpaired) electrons. The summed E-state index contributed by atoms with van der Waals surface area (Å²) in [6, 6.07) is 5.74. The minimum absolute atomic E-state index is 0.596. The Labute approximate surface area is 106 Å². The van der Waals surface area contributed by atoms with Crippen LogP contribution < -0.4 is 5.48 Å². The molecule has 17 heavy (non-hydrogen) atoms. The van der Waals surface area contributed by atoms with E-state index in [1.165, 1.54) is 0 Å². The first-order valence-corrected chi connectivity index (χ1v) is 7.84. The molecule has 0 aliphatic heterocycles. The van der Waals surface area contributed by atoms with E-state index < -0.39 is 9.04 Å². The number of hydroxylamine groups is 1. The van der Waals surface area contributed by atoms with Gasteiger partial charge in [-0.1, -0.05) is 40.3 Å². The zero-order chi connectivity index (χ0) is 12.8. The molecule has 0 spiro atoms. The van der Waals surface area contributed by atoms with E-state index in [0.29, 0.717) is 11.1 Å². The third-order valence-corrected chi connectivity index (χ3v) is 5.62. The fraction of sp³-hybridized carbons (Fsp3) is 0.462. The van der Waals surface area contributed by atoms with Gasteiger partial charge in [0.25, 0.3) is 0 Å². The summed E-state index contributed by atoms with van der Waals surface area (Å²) >= 11 is 0. The van der Waals surface area contributed by atoms with E-state index in [2.05, 4.69) is 44.7 Å². The smallest absolute Gasteiger partial charge is 0.219 e. The minimum atomic E-state index is -1.26. The van der Waals surface area contributed by atoms with Crippen LogP contribution in [-0.2, 0) is 4.53 Å². The zero-order valence-electron chi connectivity index (χ0n) is 11.1. The quantitative estimate of drug-likeness (QED) is 0.622. The number of rotatable bonds is 6. The Morgan fingerprint density at radius 2 is 1.94 bits per heavy atom. The van der Waals surface area contributed by atoms with Crippen molar-refractivity contribution in [2.45, 2.75) is 38.8 Å². The van der Waals surface area contributed by atoms with Gasteiger partial charge in [0.05, 0.1) is 11.4 Å². The van der Waals surface area contributed by atoms with Gasteiger partial charge in [0.15, 0.2) is 0 Å². The lowest BCUT2D eigenvalue weighted by atomic mass is 10.3. The van der Waals surface area contributed by atoms with Crippen LogP contribution in [0.4, 0.5) is 0 Å². The van der Waals surface area contributed by atoms with Gasteiger partial charge in [0.2, 0.25) is 9.04 Å². The molecule has 1 heterocycles. The predicted octanol–water partition coefficient (Wildman–Crippen LogP) is 3.12. The van der Waals surface area contributed by atoms with Crippen LogP contribution in [0.1, 0.15) is 33.4 Å². The van der Waals surface area contributed by atoms with Crippen molar-refractivity contribution in [3.8, 4) is 0 Å². The maximum atomic E-state index is 5.83. The summed E-state index contributed by atoms with van der Waals surface area (Å²) in [6.07, 6.45) is 1.75. The van der Waals surface area contributed by atoms with Gasteiger partial charge in [-0.25, -0.2) is 0 Å². The molecule has 0 bridgehead atoms. The van der Waals surface area contributed by atoms with Crippen molar-refractivity contribution in [3.05, 3.63) is 36.7 Å². The fourth-order valence-corrected chi connectivity index (χ4v) is 4.14. The zero-order valence-corrected chi connectivity index (χ0v) is 12.3. The maximum absolute atomic E-state index is 5.83. The number of nitrogens with one attached hydrogen (secondary N) is 1. The first-order chi connectivity index (χ1) is 8.02. The van der Waals surface area contributed by atoms with E-state index in [0.717, 1.165) is 11.4 Å². The molecular formula is C13H22N2OSi. The van der Waals surface area contributed by atoms with Crippen molar-refractivity contribution in [1.29, 1.82) is 0 Å². The van der Waals surface area contributed by atoms with E-state index >= 15 is 0 Å². The van der Waals surface area contributed by atoms with E-state index in [9.17, 15) is 0 Å². The molecule has 4 heteroatoms. The average molecular weight is 250 g/mol. The van der Waals surface area contributed by atoms with Crippen LogP contribution in [0.3, 0.4) is 0 Å². The van der Waals surface area contributed by atoms with Crippen molar-refractivity contribution in [1.82, 2.24) is 10.5 Å². The van der Waals surface area contributed by atoms with E-state index in [-0.39, 0.29) is 0 Å². The molecule has 0 atom stereocenters. The van der Waals surface area contributed by atoms with Gasteiger partial charge in [0.1, 0.15) is 0 Å². The highest BCUT2D eigenvalue weighted by Crippen LogP contribution is 2.20. The van der Waals surface area contributed by atoms with Gasteiger partial charge in [0, 0.05) is 6.20 Å². The maximum Gasteiger partial charge on any atom is 0.219 e. The molecule has 0 saturated carbocycles.